The van der Waals surface area contributed by atoms with Crippen molar-refractivity contribution in [3.63, 3.8) is 0 Å². The Kier molecular flexibility index (Phi) is 5.09. The monoisotopic (exact) mass is 313 g/mol. The normalized spacial score (nSPS) is 18.9. The Balaban J connectivity index is 1.86. The number of nitrogens with zero attached hydrogens (tertiary/aromatic N) is 1. The molecule has 18 heavy (non-hydrogen) atoms. The number of carbonyl (C=O) groups excluding carboxylic acids is 1. The van der Waals surface area contributed by atoms with Crippen molar-refractivity contribution in [1.29, 1.82) is 0 Å². The molecule has 1 fully saturated rings. The summed E-state index contributed by atoms with van der Waals surface area (Å²) in [6.07, 6.45) is 2.09. The summed E-state index contributed by atoms with van der Waals surface area (Å²) in [5.41, 5.74) is 0. The fraction of sp³-hybridized carbons (Fsp3) is 0.500. The molecule has 0 bridgehead atoms. The minimum atomic E-state index is -0.135. The molecule has 2 rings (SSSR count). The van der Waals surface area contributed by atoms with Crippen molar-refractivity contribution in [2.75, 3.05) is 13.2 Å². The fourth-order valence-corrected chi connectivity index (χ4v) is 4.43. The first-order valence-corrected chi connectivity index (χ1v) is 8.49. The summed E-state index contributed by atoms with van der Waals surface area (Å²) in [6.45, 7) is 3.18. The van der Waals surface area contributed by atoms with Gasteiger partial charge in [0.15, 0.2) is 0 Å². The van der Waals surface area contributed by atoms with E-state index in [1.54, 1.807) is 0 Å². The van der Waals surface area contributed by atoms with E-state index in [4.69, 9.17) is 4.74 Å². The van der Waals surface area contributed by atoms with E-state index in [2.05, 4.69) is 24.3 Å². The molecule has 1 saturated heterocycles. The van der Waals surface area contributed by atoms with Gasteiger partial charge in [-0.15, -0.1) is 0 Å². The fourth-order valence-electron chi connectivity index (χ4n) is 2.16. The third kappa shape index (κ3) is 3.50. The molecule has 1 unspecified atom stereocenters. The summed E-state index contributed by atoms with van der Waals surface area (Å²) in [4.78, 5) is 13.7. The van der Waals surface area contributed by atoms with Crippen LogP contribution in [0.2, 0.25) is 5.32 Å². The van der Waals surface area contributed by atoms with Gasteiger partial charge in [0.25, 0.3) is 0 Å². The number of carbonyl (C=O) groups is 1. The van der Waals surface area contributed by atoms with Crippen LogP contribution in [0.4, 0.5) is 4.79 Å². The molecular formula is C14H19NO2Se. The van der Waals surface area contributed by atoms with Crippen LogP contribution in [-0.4, -0.2) is 45.1 Å². The predicted molar refractivity (Wildman–Crippen MR) is 73.4 cm³/mol. The molecule has 1 aliphatic rings. The minimum absolute atomic E-state index is 0.135. The van der Waals surface area contributed by atoms with Crippen LogP contribution in [0.15, 0.2) is 30.3 Å². The van der Waals surface area contributed by atoms with Gasteiger partial charge in [-0.1, -0.05) is 0 Å². The molecule has 1 amide bonds. The quantitative estimate of drug-likeness (QED) is 0.797. The molecule has 4 heteroatoms. The van der Waals surface area contributed by atoms with E-state index in [0.29, 0.717) is 27.6 Å². The maximum atomic E-state index is 11.8. The molecule has 1 heterocycles. The first kappa shape index (κ1) is 13.4. The molecule has 0 N–H and O–H groups in total. The molecule has 0 radical (unpaired) electrons. The predicted octanol–water partition coefficient (Wildman–Crippen LogP) is 2.06. The van der Waals surface area contributed by atoms with Crippen LogP contribution in [0, 0.1) is 0 Å². The van der Waals surface area contributed by atoms with Crippen molar-refractivity contribution in [2.45, 2.75) is 31.1 Å². The molecular weight excluding hydrogens is 293 g/mol. The van der Waals surface area contributed by atoms with Crippen molar-refractivity contribution in [3.8, 4) is 0 Å². The van der Waals surface area contributed by atoms with Crippen LogP contribution >= 0.6 is 0 Å². The van der Waals surface area contributed by atoms with Crippen molar-refractivity contribution >= 4 is 25.5 Å². The van der Waals surface area contributed by atoms with Gasteiger partial charge in [-0.2, -0.15) is 0 Å². The Morgan fingerprint density at radius 3 is 2.94 bits per heavy atom. The Labute approximate surface area is 115 Å². The number of amides is 1. The topological polar surface area (TPSA) is 29.5 Å². The van der Waals surface area contributed by atoms with Crippen LogP contribution in [0.3, 0.4) is 0 Å². The summed E-state index contributed by atoms with van der Waals surface area (Å²) < 4.78 is 6.51. The zero-order valence-corrected chi connectivity index (χ0v) is 12.4. The zero-order valence-electron chi connectivity index (χ0n) is 10.7. The second kappa shape index (κ2) is 6.81. The summed E-state index contributed by atoms with van der Waals surface area (Å²) in [7, 11) is 0. The van der Waals surface area contributed by atoms with Gasteiger partial charge in [-0.25, -0.2) is 0 Å². The van der Waals surface area contributed by atoms with Crippen molar-refractivity contribution in [2.24, 2.45) is 0 Å². The second-order valence-electron chi connectivity index (χ2n) is 4.31. The van der Waals surface area contributed by atoms with Crippen LogP contribution in [0.25, 0.3) is 0 Å². The molecule has 1 aromatic carbocycles. The van der Waals surface area contributed by atoms with Crippen LogP contribution in [-0.2, 0) is 4.74 Å². The van der Waals surface area contributed by atoms with E-state index in [-0.39, 0.29) is 6.09 Å². The van der Waals surface area contributed by atoms with Crippen molar-refractivity contribution in [3.05, 3.63) is 30.3 Å². The number of hydrogen-bond acceptors (Lipinski definition) is 2. The van der Waals surface area contributed by atoms with E-state index in [1.165, 1.54) is 4.46 Å². The van der Waals surface area contributed by atoms with Gasteiger partial charge in [0, 0.05) is 0 Å². The van der Waals surface area contributed by atoms with Gasteiger partial charge < -0.3 is 0 Å². The Hall–Kier alpha value is -0.991. The molecule has 1 atom stereocenters. The average molecular weight is 312 g/mol. The molecule has 0 aromatic heterocycles. The average Bonchev–Trinajstić information content (AvgIpc) is 2.86. The number of rotatable bonds is 4. The van der Waals surface area contributed by atoms with Crippen molar-refractivity contribution < 1.29 is 9.53 Å². The number of likely N-dealkylation sites (tertiary alicyclic amines) is 1. The zero-order chi connectivity index (χ0) is 12.8. The number of benzene rings is 1. The van der Waals surface area contributed by atoms with Gasteiger partial charge in [0.1, 0.15) is 0 Å². The summed E-state index contributed by atoms with van der Waals surface area (Å²) >= 11 is 0.445. The summed E-state index contributed by atoms with van der Waals surface area (Å²) in [5, 5.41) is 1.09. The van der Waals surface area contributed by atoms with E-state index in [9.17, 15) is 4.79 Å². The van der Waals surface area contributed by atoms with Gasteiger partial charge in [0.05, 0.1) is 0 Å². The Bertz CT molecular complexity index is 383. The number of hydrogen-bond donors (Lipinski definition) is 0. The molecule has 1 aromatic rings. The van der Waals surface area contributed by atoms with E-state index in [1.807, 2.05) is 17.9 Å². The first-order valence-electron chi connectivity index (χ1n) is 6.42. The maximum absolute atomic E-state index is 11.8. The summed E-state index contributed by atoms with van der Waals surface area (Å²) in [5.74, 6) is 0. The molecule has 0 spiro atoms. The van der Waals surface area contributed by atoms with Gasteiger partial charge in [-0.3, -0.25) is 0 Å². The van der Waals surface area contributed by atoms with Crippen molar-refractivity contribution in [1.82, 2.24) is 4.90 Å². The van der Waals surface area contributed by atoms with E-state index < -0.39 is 0 Å². The Morgan fingerprint density at radius 2 is 2.22 bits per heavy atom. The SMILES string of the molecule is CCOC(=O)N1CCCC1C[Se]c1ccccc1. The molecule has 98 valence electrons. The second-order valence-corrected chi connectivity index (χ2v) is 6.61. The molecule has 3 nitrogen and oxygen atoms in total. The standard InChI is InChI=1S/C14H19NO2Se/c1-2-17-14(16)15-10-6-7-12(15)11-18-13-8-4-3-5-9-13/h3-5,8-9,12H,2,6-7,10-11H2,1H3. The van der Waals surface area contributed by atoms with Gasteiger partial charge in [0.2, 0.25) is 0 Å². The third-order valence-corrected chi connectivity index (χ3v) is 5.49. The van der Waals surface area contributed by atoms with Crippen LogP contribution in [0.5, 0.6) is 0 Å². The van der Waals surface area contributed by atoms with E-state index >= 15 is 0 Å². The van der Waals surface area contributed by atoms with Gasteiger partial charge >= 0.3 is 115 Å². The molecule has 0 saturated carbocycles. The Morgan fingerprint density at radius 1 is 1.44 bits per heavy atom. The van der Waals surface area contributed by atoms with Gasteiger partial charge in [-0.05, 0) is 0 Å². The molecule has 0 aliphatic carbocycles. The van der Waals surface area contributed by atoms with Crippen LogP contribution in [0.1, 0.15) is 19.8 Å². The first-order chi connectivity index (χ1) is 8.81. The third-order valence-electron chi connectivity index (χ3n) is 3.07. The molecule has 1 aliphatic heterocycles. The number of ether oxygens (including phenoxy) is 1. The van der Waals surface area contributed by atoms with E-state index in [0.717, 1.165) is 24.7 Å². The summed E-state index contributed by atoms with van der Waals surface area (Å²) in [6, 6.07) is 10.9. The van der Waals surface area contributed by atoms with Crippen LogP contribution < -0.4 is 4.46 Å².